The monoisotopic (exact) mass is 361 g/mol. The van der Waals surface area contributed by atoms with Gasteiger partial charge in [0.15, 0.2) is 0 Å². The quantitative estimate of drug-likeness (QED) is 0.797. The van der Waals surface area contributed by atoms with Gasteiger partial charge in [-0.3, -0.25) is 24.6 Å². The van der Waals surface area contributed by atoms with Crippen molar-refractivity contribution in [2.75, 3.05) is 5.32 Å². The van der Waals surface area contributed by atoms with E-state index >= 15 is 0 Å². The van der Waals surface area contributed by atoms with E-state index in [0.717, 1.165) is 11.1 Å². The predicted molar refractivity (Wildman–Crippen MR) is 98.3 cm³/mol. The summed E-state index contributed by atoms with van der Waals surface area (Å²) in [5.74, 6) is -2.02. The Kier molecular flexibility index (Phi) is 3.30. The second-order valence-electron chi connectivity index (χ2n) is 7.49. The highest BCUT2D eigenvalue weighted by Gasteiger charge is 2.69. The smallest absolute Gasteiger partial charge is 0.250 e. The van der Waals surface area contributed by atoms with Gasteiger partial charge < -0.3 is 5.32 Å². The molecular formula is C21H19N3O3. The van der Waals surface area contributed by atoms with Crippen molar-refractivity contribution in [3.05, 3.63) is 65.7 Å². The number of imide groups is 1. The second kappa shape index (κ2) is 5.50. The summed E-state index contributed by atoms with van der Waals surface area (Å²) in [7, 11) is 0. The van der Waals surface area contributed by atoms with Crippen molar-refractivity contribution in [2.45, 2.75) is 25.0 Å². The highest BCUT2D eigenvalue weighted by atomic mass is 16.2. The maximum absolute atomic E-state index is 13.3. The molecule has 0 saturated carbocycles. The molecule has 2 fully saturated rings. The molecule has 5 rings (SSSR count). The summed E-state index contributed by atoms with van der Waals surface area (Å²) in [6, 6.07) is 16.5. The number of benzene rings is 2. The van der Waals surface area contributed by atoms with Crippen LogP contribution in [0.3, 0.4) is 0 Å². The number of rotatable bonds is 2. The van der Waals surface area contributed by atoms with Crippen molar-refractivity contribution >= 4 is 23.4 Å². The molecule has 6 heteroatoms. The molecule has 3 aliphatic rings. The van der Waals surface area contributed by atoms with Crippen LogP contribution in [0.25, 0.3) is 0 Å². The van der Waals surface area contributed by atoms with Gasteiger partial charge in [-0.25, -0.2) is 0 Å². The van der Waals surface area contributed by atoms with Crippen LogP contribution in [0, 0.1) is 11.8 Å². The molecule has 0 aromatic heterocycles. The van der Waals surface area contributed by atoms with Gasteiger partial charge in [-0.1, -0.05) is 48.5 Å². The van der Waals surface area contributed by atoms with E-state index in [-0.39, 0.29) is 30.3 Å². The predicted octanol–water partition coefficient (Wildman–Crippen LogP) is 1.63. The van der Waals surface area contributed by atoms with Crippen molar-refractivity contribution in [1.82, 2.24) is 10.2 Å². The van der Waals surface area contributed by atoms with Gasteiger partial charge in [-0.05, 0) is 18.6 Å². The first-order valence-electron chi connectivity index (χ1n) is 9.12. The van der Waals surface area contributed by atoms with Crippen molar-refractivity contribution in [1.29, 1.82) is 0 Å². The van der Waals surface area contributed by atoms with E-state index in [1.165, 1.54) is 4.90 Å². The Morgan fingerprint density at radius 1 is 0.963 bits per heavy atom. The first-order valence-corrected chi connectivity index (χ1v) is 9.12. The van der Waals surface area contributed by atoms with Crippen LogP contribution < -0.4 is 10.6 Å². The third kappa shape index (κ3) is 2.01. The number of nitrogens with one attached hydrogen (secondary N) is 2. The molecule has 3 heterocycles. The number of anilines is 1. The highest BCUT2D eigenvalue weighted by molar-refractivity contribution is 6.15. The Hall–Kier alpha value is -2.99. The van der Waals surface area contributed by atoms with Crippen LogP contribution in [0.4, 0.5) is 5.69 Å². The minimum Gasteiger partial charge on any atom is -0.324 e. The Labute approximate surface area is 156 Å². The zero-order valence-electron chi connectivity index (χ0n) is 14.8. The molecule has 4 atom stereocenters. The minimum atomic E-state index is -1.18. The van der Waals surface area contributed by atoms with Crippen molar-refractivity contribution < 1.29 is 14.4 Å². The molecule has 2 saturated heterocycles. The summed E-state index contributed by atoms with van der Waals surface area (Å²) in [5.41, 5.74) is 1.16. The van der Waals surface area contributed by atoms with Gasteiger partial charge in [0.05, 0.1) is 18.4 Å². The molecule has 0 radical (unpaired) electrons. The SMILES string of the molecule is C[C@H]1N[C@]2(C(=O)Nc3ccccc32)[C@@H]2C(=O)N(Cc3ccccc3)C(=O)[C@H]21. The number of carbonyl (C=O) groups is 3. The molecule has 0 unspecified atom stereocenters. The third-order valence-corrected chi connectivity index (χ3v) is 6.04. The highest BCUT2D eigenvalue weighted by Crippen LogP contribution is 2.52. The number of hydrogen-bond acceptors (Lipinski definition) is 4. The first kappa shape index (κ1) is 16.2. The van der Waals surface area contributed by atoms with E-state index in [4.69, 9.17) is 0 Å². The molecule has 2 aromatic rings. The van der Waals surface area contributed by atoms with Gasteiger partial charge in [0.25, 0.3) is 0 Å². The number of fused-ring (bicyclic) bond motifs is 4. The van der Waals surface area contributed by atoms with E-state index in [9.17, 15) is 14.4 Å². The van der Waals surface area contributed by atoms with Crippen LogP contribution in [-0.4, -0.2) is 28.7 Å². The van der Waals surface area contributed by atoms with Crippen LogP contribution in [0.15, 0.2) is 54.6 Å². The number of amides is 3. The second-order valence-corrected chi connectivity index (χ2v) is 7.49. The Bertz CT molecular complexity index is 974. The lowest BCUT2D eigenvalue weighted by molar-refractivity contribution is -0.143. The number of likely N-dealkylation sites (tertiary alicyclic amines) is 1. The van der Waals surface area contributed by atoms with E-state index in [2.05, 4.69) is 10.6 Å². The zero-order chi connectivity index (χ0) is 18.8. The summed E-state index contributed by atoms with van der Waals surface area (Å²) in [6.07, 6.45) is 0. The summed E-state index contributed by atoms with van der Waals surface area (Å²) in [4.78, 5) is 40.8. The lowest BCUT2D eigenvalue weighted by Gasteiger charge is -2.29. The number of carbonyl (C=O) groups excluding carboxylic acids is 3. The van der Waals surface area contributed by atoms with Crippen molar-refractivity contribution in [3.63, 3.8) is 0 Å². The van der Waals surface area contributed by atoms with E-state index in [1.54, 1.807) is 0 Å². The summed E-state index contributed by atoms with van der Waals surface area (Å²) in [5, 5.41) is 6.18. The van der Waals surface area contributed by atoms with Gasteiger partial charge >= 0.3 is 0 Å². The third-order valence-electron chi connectivity index (χ3n) is 6.04. The van der Waals surface area contributed by atoms with E-state index in [1.807, 2.05) is 61.5 Å². The normalized spacial score (nSPS) is 31.4. The van der Waals surface area contributed by atoms with E-state index < -0.39 is 17.4 Å². The van der Waals surface area contributed by atoms with Gasteiger partial charge in [-0.15, -0.1) is 0 Å². The van der Waals surface area contributed by atoms with Gasteiger partial charge in [0, 0.05) is 17.3 Å². The van der Waals surface area contributed by atoms with Crippen LogP contribution >= 0.6 is 0 Å². The van der Waals surface area contributed by atoms with Gasteiger partial charge in [0.1, 0.15) is 5.54 Å². The molecule has 3 aliphatic heterocycles. The average Bonchev–Trinajstić information content (AvgIpc) is 3.23. The topological polar surface area (TPSA) is 78.5 Å². The van der Waals surface area contributed by atoms with Crippen LogP contribution in [0.2, 0.25) is 0 Å². The molecule has 2 aromatic carbocycles. The standard InChI is InChI=1S/C21H19N3O3/c1-12-16-17(19(26)24(18(16)25)11-13-7-3-2-4-8-13)21(23-12)14-9-5-6-10-15(14)22-20(21)27/h2-10,12,16-17,23H,11H2,1H3,(H,22,27)/t12-,16+,17+,21+/m1/s1. The summed E-state index contributed by atoms with van der Waals surface area (Å²) in [6.45, 7) is 2.11. The molecular weight excluding hydrogens is 342 g/mol. The van der Waals surface area contributed by atoms with Gasteiger partial charge in [0.2, 0.25) is 17.7 Å². The molecule has 2 N–H and O–H groups in total. The molecule has 6 nitrogen and oxygen atoms in total. The largest absolute Gasteiger partial charge is 0.324 e. The number of nitrogens with zero attached hydrogens (tertiary/aromatic N) is 1. The van der Waals surface area contributed by atoms with Crippen LogP contribution in [-0.2, 0) is 26.5 Å². The lowest BCUT2D eigenvalue weighted by atomic mass is 9.76. The van der Waals surface area contributed by atoms with Crippen molar-refractivity contribution in [2.24, 2.45) is 11.8 Å². The summed E-state index contributed by atoms with van der Waals surface area (Å²) < 4.78 is 0. The van der Waals surface area contributed by atoms with Crippen LogP contribution in [0.5, 0.6) is 0 Å². The molecule has 0 aliphatic carbocycles. The van der Waals surface area contributed by atoms with E-state index in [0.29, 0.717) is 5.69 Å². The number of para-hydroxylation sites is 1. The molecule has 3 amide bonds. The van der Waals surface area contributed by atoms with Crippen molar-refractivity contribution in [3.8, 4) is 0 Å². The molecule has 136 valence electrons. The Balaban J connectivity index is 1.59. The lowest BCUT2D eigenvalue weighted by Crippen LogP contribution is -2.52. The molecule has 1 spiro atoms. The number of hydrogen-bond donors (Lipinski definition) is 2. The zero-order valence-corrected chi connectivity index (χ0v) is 14.8. The summed E-state index contributed by atoms with van der Waals surface area (Å²) >= 11 is 0. The fourth-order valence-corrected chi connectivity index (χ4v) is 4.90. The Morgan fingerprint density at radius 3 is 2.44 bits per heavy atom. The van der Waals surface area contributed by atoms with Gasteiger partial charge in [-0.2, -0.15) is 0 Å². The first-order chi connectivity index (χ1) is 13.0. The minimum absolute atomic E-state index is 0.206. The molecule has 27 heavy (non-hydrogen) atoms. The maximum Gasteiger partial charge on any atom is 0.250 e. The fraction of sp³-hybridized carbons (Fsp3) is 0.286. The maximum atomic E-state index is 13.3. The fourth-order valence-electron chi connectivity index (χ4n) is 4.90. The molecule has 0 bridgehead atoms. The van der Waals surface area contributed by atoms with Crippen LogP contribution in [0.1, 0.15) is 18.1 Å². The average molecular weight is 361 g/mol. The Morgan fingerprint density at radius 2 is 1.67 bits per heavy atom.